The molecule has 0 fully saturated rings. The molecule has 0 rings (SSSR count). The van der Waals surface area contributed by atoms with Crippen LogP contribution in [0.25, 0.3) is 0 Å². The largest absolute Gasteiger partial charge is 0.462 e. The second-order valence-corrected chi connectivity index (χ2v) is 5.17. The first-order valence-electron chi connectivity index (χ1n) is 8.08. The van der Waals surface area contributed by atoms with Crippen molar-refractivity contribution in [2.45, 2.75) is 85.0 Å². The van der Waals surface area contributed by atoms with E-state index in [1.54, 1.807) is 0 Å². The van der Waals surface area contributed by atoms with Crippen LogP contribution < -0.4 is 0 Å². The molecule has 112 valence electrons. The molecule has 0 unspecified atom stereocenters. The molecule has 0 aliphatic carbocycles. The van der Waals surface area contributed by atoms with Gasteiger partial charge in [0.2, 0.25) is 0 Å². The van der Waals surface area contributed by atoms with Crippen molar-refractivity contribution in [1.82, 2.24) is 0 Å². The van der Waals surface area contributed by atoms with Crippen molar-refractivity contribution >= 4 is 5.97 Å². The molecule has 0 bridgehead atoms. The van der Waals surface area contributed by atoms with E-state index in [1.165, 1.54) is 44.9 Å². The highest BCUT2D eigenvalue weighted by molar-refractivity contribution is 5.88. The molecule has 2 nitrogen and oxygen atoms in total. The lowest BCUT2D eigenvalue weighted by molar-refractivity contribution is -0.139. The second-order valence-electron chi connectivity index (χ2n) is 5.17. The third-order valence-electron chi connectivity index (χ3n) is 3.36. The predicted octanol–water partition coefficient (Wildman–Crippen LogP) is 5.42. The highest BCUT2D eigenvalue weighted by atomic mass is 16.5. The summed E-state index contributed by atoms with van der Waals surface area (Å²) in [5, 5.41) is 0. The molecule has 0 N–H and O–H groups in total. The Balaban J connectivity index is 3.41. The Morgan fingerprint density at radius 3 is 2.00 bits per heavy atom. The van der Waals surface area contributed by atoms with Gasteiger partial charge in [0.05, 0.1) is 6.61 Å². The fourth-order valence-electron chi connectivity index (χ4n) is 2.13. The lowest BCUT2D eigenvalue weighted by Crippen LogP contribution is -2.09. The summed E-state index contributed by atoms with van der Waals surface area (Å²) in [6, 6.07) is 0. The van der Waals surface area contributed by atoms with Crippen LogP contribution >= 0.6 is 0 Å². The number of hydrogen-bond acceptors (Lipinski definition) is 2. The Morgan fingerprint density at radius 2 is 1.47 bits per heavy atom. The zero-order valence-corrected chi connectivity index (χ0v) is 13.2. The molecule has 0 heterocycles. The van der Waals surface area contributed by atoms with Gasteiger partial charge in [0, 0.05) is 5.57 Å². The van der Waals surface area contributed by atoms with Crippen LogP contribution in [0.5, 0.6) is 0 Å². The van der Waals surface area contributed by atoms with E-state index in [9.17, 15) is 4.79 Å². The number of unbranched alkanes of at least 4 members (excludes halogenated alkanes) is 7. The third kappa shape index (κ3) is 10.8. The fraction of sp³-hybridized carbons (Fsp3) is 0.824. The van der Waals surface area contributed by atoms with Gasteiger partial charge in [-0.2, -0.15) is 0 Å². The summed E-state index contributed by atoms with van der Waals surface area (Å²) in [5.74, 6) is -0.118. The lowest BCUT2D eigenvalue weighted by atomic mass is 10.1. The van der Waals surface area contributed by atoms with Gasteiger partial charge in [0.15, 0.2) is 0 Å². The van der Waals surface area contributed by atoms with Gasteiger partial charge in [-0.25, -0.2) is 4.79 Å². The minimum atomic E-state index is -0.118. The van der Waals surface area contributed by atoms with Crippen LogP contribution in [0.15, 0.2) is 11.6 Å². The second kappa shape index (κ2) is 13.6. The number of allylic oxidation sites excluding steroid dienone is 1. The van der Waals surface area contributed by atoms with Gasteiger partial charge in [-0.15, -0.1) is 0 Å². The number of hydrogen-bond donors (Lipinski definition) is 0. The highest BCUT2D eigenvalue weighted by Gasteiger charge is 2.08. The van der Waals surface area contributed by atoms with E-state index in [-0.39, 0.29) is 5.97 Å². The van der Waals surface area contributed by atoms with Crippen molar-refractivity contribution in [3.05, 3.63) is 11.6 Å². The van der Waals surface area contributed by atoms with E-state index in [2.05, 4.69) is 13.8 Å². The molecule has 0 aliphatic heterocycles. The highest BCUT2D eigenvalue weighted by Crippen LogP contribution is 2.10. The molecule has 0 aromatic heterocycles. The number of carbonyl (C=O) groups is 1. The van der Waals surface area contributed by atoms with Gasteiger partial charge in [-0.1, -0.05) is 71.3 Å². The third-order valence-corrected chi connectivity index (χ3v) is 3.36. The van der Waals surface area contributed by atoms with E-state index >= 15 is 0 Å². The maximum atomic E-state index is 11.7. The molecule has 0 saturated carbocycles. The SMILES string of the molecule is CC=C(CCC)C(=O)OCCCCCCCCCC. The van der Waals surface area contributed by atoms with Crippen molar-refractivity contribution in [2.24, 2.45) is 0 Å². The summed E-state index contributed by atoms with van der Waals surface area (Å²) in [7, 11) is 0. The molecule has 0 spiro atoms. The topological polar surface area (TPSA) is 26.3 Å². The van der Waals surface area contributed by atoms with E-state index in [1.807, 2.05) is 13.0 Å². The Hall–Kier alpha value is -0.790. The summed E-state index contributed by atoms with van der Waals surface area (Å²) in [5.41, 5.74) is 0.821. The van der Waals surface area contributed by atoms with E-state index in [0.717, 1.165) is 24.8 Å². The monoisotopic (exact) mass is 268 g/mol. The zero-order valence-electron chi connectivity index (χ0n) is 13.2. The van der Waals surface area contributed by atoms with Crippen molar-refractivity contribution in [3.63, 3.8) is 0 Å². The maximum Gasteiger partial charge on any atom is 0.333 e. The van der Waals surface area contributed by atoms with E-state index in [4.69, 9.17) is 4.74 Å². The van der Waals surface area contributed by atoms with Crippen molar-refractivity contribution in [3.8, 4) is 0 Å². The van der Waals surface area contributed by atoms with Gasteiger partial charge < -0.3 is 4.74 Å². The van der Waals surface area contributed by atoms with Crippen molar-refractivity contribution in [2.75, 3.05) is 6.61 Å². The molecule has 0 aromatic carbocycles. The number of esters is 1. The molecule has 19 heavy (non-hydrogen) atoms. The van der Waals surface area contributed by atoms with Crippen LogP contribution in [0, 0.1) is 0 Å². The smallest absolute Gasteiger partial charge is 0.333 e. The predicted molar refractivity (Wildman–Crippen MR) is 82.2 cm³/mol. The molecule has 0 aliphatic rings. The van der Waals surface area contributed by atoms with Crippen LogP contribution in [0.4, 0.5) is 0 Å². The average Bonchev–Trinajstić information content (AvgIpc) is 2.42. The standard InChI is InChI=1S/C17H32O2/c1-4-7-8-9-10-11-12-13-15-19-17(18)16(6-3)14-5-2/h6H,4-5,7-15H2,1-3H3. The first-order chi connectivity index (χ1) is 9.26. The Labute approximate surface area is 119 Å². The normalized spacial score (nSPS) is 11.6. The number of rotatable bonds is 12. The molecular formula is C17H32O2. The Kier molecular flexibility index (Phi) is 13.1. The Bertz CT molecular complexity index is 244. The van der Waals surface area contributed by atoms with Crippen LogP contribution in [0.3, 0.4) is 0 Å². The lowest BCUT2D eigenvalue weighted by Gasteiger charge is -2.07. The maximum absolute atomic E-state index is 11.7. The summed E-state index contributed by atoms with van der Waals surface area (Å²) < 4.78 is 5.29. The van der Waals surface area contributed by atoms with Crippen LogP contribution in [-0.2, 0) is 9.53 Å². The minimum Gasteiger partial charge on any atom is -0.462 e. The van der Waals surface area contributed by atoms with Gasteiger partial charge in [-0.05, 0) is 19.8 Å². The summed E-state index contributed by atoms with van der Waals surface area (Å²) >= 11 is 0. The quantitative estimate of drug-likeness (QED) is 0.268. The Morgan fingerprint density at radius 1 is 0.895 bits per heavy atom. The molecule has 0 radical (unpaired) electrons. The molecule has 0 atom stereocenters. The van der Waals surface area contributed by atoms with Crippen LogP contribution in [0.1, 0.15) is 85.0 Å². The average molecular weight is 268 g/mol. The van der Waals surface area contributed by atoms with E-state index in [0.29, 0.717) is 6.61 Å². The minimum absolute atomic E-state index is 0.118. The summed E-state index contributed by atoms with van der Waals surface area (Å²) in [6.45, 7) is 6.80. The van der Waals surface area contributed by atoms with Gasteiger partial charge in [-0.3, -0.25) is 0 Å². The molecule has 0 aromatic rings. The van der Waals surface area contributed by atoms with Gasteiger partial charge in [0.1, 0.15) is 0 Å². The van der Waals surface area contributed by atoms with Crippen LogP contribution in [0.2, 0.25) is 0 Å². The van der Waals surface area contributed by atoms with Gasteiger partial charge >= 0.3 is 5.97 Å². The van der Waals surface area contributed by atoms with Crippen molar-refractivity contribution < 1.29 is 9.53 Å². The molecule has 0 amide bonds. The van der Waals surface area contributed by atoms with Crippen LogP contribution in [-0.4, -0.2) is 12.6 Å². The summed E-state index contributed by atoms with van der Waals surface area (Å²) in [6.07, 6.45) is 13.9. The van der Waals surface area contributed by atoms with Gasteiger partial charge in [0.25, 0.3) is 0 Å². The van der Waals surface area contributed by atoms with E-state index < -0.39 is 0 Å². The molecular weight excluding hydrogens is 236 g/mol. The summed E-state index contributed by atoms with van der Waals surface area (Å²) in [4.78, 5) is 11.7. The van der Waals surface area contributed by atoms with Crippen molar-refractivity contribution in [1.29, 1.82) is 0 Å². The fourth-order valence-corrected chi connectivity index (χ4v) is 2.13. The number of ether oxygens (including phenoxy) is 1. The number of carbonyl (C=O) groups excluding carboxylic acids is 1. The molecule has 2 heteroatoms. The first kappa shape index (κ1) is 18.2. The molecule has 0 saturated heterocycles. The first-order valence-corrected chi connectivity index (χ1v) is 8.08. The zero-order chi connectivity index (χ0) is 14.3.